The molecule has 5 heteroatoms. The van der Waals surface area contributed by atoms with Gasteiger partial charge in [-0.25, -0.2) is 9.59 Å². The van der Waals surface area contributed by atoms with E-state index in [1.807, 2.05) is 24.3 Å². The minimum Gasteiger partial charge on any atom is -0.478 e. The highest BCUT2D eigenvalue weighted by Gasteiger charge is 2.54. The zero-order valence-electron chi connectivity index (χ0n) is 19.1. The quantitative estimate of drug-likeness (QED) is 0.359. The second kappa shape index (κ2) is 8.84. The summed E-state index contributed by atoms with van der Waals surface area (Å²) in [6, 6.07) is 28.0. The third kappa shape index (κ3) is 3.99. The van der Waals surface area contributed by atoms with Crippen molar-refractivity contribution in [1.29, 1.82) is 0 Å². The highest BCUT2D eigenvalue weighted by Crippen LogP contribution is 2.62. The molecule has 0 aliphatic heterocycles. The fraction of sp³-hybridized carbons (Fsp3) is 0.167. The van der Waals surface area contributed by atoms with Gasteiger partial charge in [-0.1, -0.05) is 66.7 Å². The summed E-state index contributed by atoms with van der Waals surface area (Å²) in [6.07, 6.45) is 0. The monoisotopic (exact) mass is 464 g/mol. The molecular formula is C30H24O5. The molecule has 1 aliphatic carbocycles. The molecule has 0 bridgehead atoms. The van der Waals surface area contributed by atoms with Crippen LogP contribution in [-0.2, 0) is 4.79 Å². The van der Waals surface area contributed by atoms with E-state index in [1.165, 1.54) is 0 Å². The molecule has 35 heavy (non-hydrogen) atoms. The summed E-state index contributed by atoms with van der Waals surface area (Å²) in [5, 5.41) is 20.9. The summed E-state index contributed by atoms with van der Waals surface area (Å²) in [5.41, 5.74) is 3.33. The van der Waals surface area contributed by atoms with E-state index < -0.39 is 11.9 Å². The van der Waals surface area contributed by atoms with Crippen molar-refractivity contribution in [2.45, 2.75) is 24.7 Å². The number of carbonyl (C=O) groups is 3. The van der Waals surface area contributed by atoms with E-state index in [2.05, 4.69) is 30.3 Å². The summed E-state index contributed by atoms with van der Waals surface area (Å²) in [6.45, 7) is 1.61. The molecule has 0 radical (unpaired) electrons. The Kier molecular flexibility index (Phi) is 5.69. The third-order valence-electron chi connectivity index (χ3n) is 7.26. The fourth-order valence-corrected chi connectivity index (χ4v) is 5.61. The van der Waals surface area contributed by atoms with Gasteiger partial charge in [0.05, 0.1) is 11.1 Å². The Bertz CT molecular complexity index is 1440. The normalized spacial score (nSPS) is 21.3. The van der Waals surface area contributed by atoms with Crippen molar-refractivity contribution >= 4 is 28.5 Å². The van der Waals surface area contributed by atoms with E-state index in [4.69, 9.17) is 0 Å². The average Bonchev–Trinajstić information content (AvgIpc) is 2.84. The average molecular weight is 465 g/mol. The Labute approximate surface area is 202 Å². The van der Waals surface area contributed by atoms with Gasteiger partial charge >= 0.3 is 11.9 Å². The van der Waals surface area contributed by atoms with Crippen LogP contribution in [-0.4, -0.2) is 27.9 Å². The fourth-order valence-electron chi connectivity index (χ4n) is 5.61. The van der Waals surface area contributed by atoms with E-state index in [0.29, 0.717) is 0 Å². The number of ketones is 1. The van der Waals surface area contributed by atoms with Gasteiger partial charge in [0.2, 0.25) is 0 Å². The lowest BCUT2D eigenvalue weighted by Gasteiger charge is -2.52. The molecule has 1 fully saturated rings. The summed E-state index contributed by atoms with van der Waals surface area (Å²) < 4.78 is 0. The number of benzene rings is 4. The first-order valence-electron chi connectivity index (χ1n) is 11.5. The summed E-state index contributed by atoms with van der Waals surface area (Å²) >= 11 is 0. The maximum Gasteiger partial charge on any atom is 0.335 e. The molecule has 4 aromatic carbocycles. The van der Waals surface area contributed by atoms with Crippen LogP contribution in [0.4, 0.5) is 0 Å². The van der Waals surface area contributed by atoms with E-state index in [9.17, 15) is 24.6 Å². The Balaban J connectivity index is 1.63. The highest BCUT2D eigenvalue weighted by molar-refractivity contribution is 5.89. The molecular weight excluding hydrogens is 440 g/mol. The molecule has 4 atom stereocenters. The van der Waals surface area contributed by atoms with Crippen molar-refractivity contribution in [2.75, 3.05) is 0 Å². The number of hydrogen-bond acceptors (Lipinski definition) is 3. The SMILES string of the molecule is CC(=O)[C@H]1[C@H](c2ccc(C(=O)O)cc2)[C@H](c2ccc(C(=O)O)cc2)[C@H]1c1ccc2ccccc2c1. The maximum atomic E-state index is 13.0. The van der Waals surface area contributed by atoms with Crippen molar-refractivity contribution in [3.8, 4) is 0 Å². The Morgan fingerprint density at radius 2 is 1.03 bits per heavy atom. The van der Waals surface area contributed by atoms with Crippen LogP contribution in [0.1, 0.15) is 62.1 Å². The van der Waals surface area contributed by atoms with Crippen LogP contribution in [0.2, 0.25) is 0 Å². The highest BCUT2D eigenvalue weighted by atomic mass is 16.4. The zero-order valence-corrected chi connectivity index (χ0v) is 19.1. The van der Waals surface area contributed by atoms with E-state index in [0.717, 1.165) is 27.5 Å². The minimum atomic E-state index is -0.997. The summed E-state index contributed by atoms with van der Waals surface area (Å²) in [4.78, 5) is 35.7. The third-order valence-corrected chi connectivity index (χ3v) is 7.26. The predicted octanol–water partition coefficient (Wildman–Crippen LogP) is 6.11. The molecule has 5 rings (SSSR count). The van der Waals surface area contributed by atoms with Gasteiger partial charge in [-0.15, -0.1) is 0 Å². The van der Waals surface area contributed by atoms with Crippen LogP contribution in [0.15, 0.2) is 91.0 Å². The number of fused-ring (bicyclic) bond motifs is 1. The number of carboxylic acids is 2. The zero-order chi connectivity index (χ0) is 24.7. The second-order valence-electron chi connectivity index (χ2n) is 9.17. The number of hydrogen-bond donors (Lipinski definition) is 2. The van der Waals surface area contributed by atoms with Crippen LogP contribution in [0.3, 0.4) is 0 Å². The van der Waals surface area contributed by atoms with Gasteiger partial charge in [-0.05, 0) is 64.6 Å². The van der Waals surface area contributed by atoms with Gasteiger partial charge in [0.15, 0.2) is 0 Å². The van der Waals surface area contributed by atoms with Crippen LogP contribution in [0.25, 0.3) is 10.8 Å². The molecule has 4 aromatic rings. The molecule has 0 unspecified atom stereocenters. The van der Waals surface area contributed by atoms with E-state index >= 15 is 0 Å². The lowest BCUT2D eigenvalue weighted by molar-refractivity contribution is -0.126. The molecule has 1 aliphatic rings. The maximum absolute atomic E-state index is 13.0. The summed E-state index contributed by atoms with van der Waals surface area (Å²) in [7, 11) is 0. The van der Waals surface area contributed by atoms with Crippen LogP contribution < -0.4 is 0 Å². The van der Waals surface area contributed by atoms with Gasteiger partial charge in [-0.3, -0.25) is 4.79 Å². The van der Waals surface area contributed by atoms with E-state index in [-0.39, 0.29) is 40.6 Å². The van der Waals surface area contributed by atoms with Crippen molar-refractivity contribution < 1.29 is 24.6 Å². The Morgan fingerprint density at radius 3 is 1.54 bits per heavy atom. The van der Waals surface area contributed by atoms with Crippen molar-refractivity contribution in [2.24, 2.45) is 5.92 Å². The van der Waals surface area contributed by atoms with Crippen LogP contribution in [0.5, 0.6) is 0 Å². The first-order chi connectivity index (χ1) is 16.8. The minimum absolute atomic E-state index is 0.0661. The Morgan fingerprint density at radius 1 is 0.571 bits per heavy atom. The van der Waals surface area contributed by atoms with Crippen molar-refractivity contribution in [3.63, 3.8) is 0 Å². The van der Waals surface area contributed by atoms with Crippen molar-refractivity contribution in [1.82, 2.24) is 0 Å². The number of aromatic carboxylic acids is 2. The van der Waals surface area contributed by atoms with Crippen LogP contribution in [0, 0.1) is 5.92 Å². The number of rotatable bonds is 6. The van der Waals surface area contributed by atoms with Gasteiger partial charge in [-0.2, -0.15) is 0 Å². The molecule has 0 amide bonds. The number of carboxylic acid groups (broad SMARTS) is 2. The first kappa shape index (κ1) is 22.5. The van der Waals surface area contributed by atoms with Gasteiger partial charge < -0.3 is 10.2 Å². The molecule has 0 saturated heterocycles. The molecule has 174 valence electrons. The van der Waals surface area contributed by atoms with Crippen molar-refractivity contribution in [3.05, 3.63) is 119 Å². The van der Waals surface area contributed by atoms with E-state index in [1.54, 1.807) is 43.3 Å². The lowest BCUT2D eigenvalue weighted by atomic mass is 9.50. The van der Waals surface area contributed by atoms with Gasteiger partial charge in [0, 0.05) is 17.8 Å². The predicted molar refractivity (Wildman–Crippen MR) is 133 cm³/mol. The molecule has 2 N–H and O–H groups in total. The number of carbonyl (C=O) groups excluding carboxylic acids is 1. The number of Topliss-reactive ketones (excluding diaryl/α,β-unsaturated/α-hetero) is 1. The second-order valence-corrected chi connectivity index (χ2v) is 9.17. The largest absolute Gasteiger partial charge is 0.478 e. The molecule has 1 saturated carbocycles. The topological polar surface area (TPSA) is 91.7 Å². The van der Waals surface area contributed by atoms with Gasteiger partial charge in [0.1, 0.15) is 5.78 Å². The van der Waals surface area contributed by atoms with Gasteiger partial charge in [0.25, 0.3) is 0 Å². The molecule has 0 spiro atoms. The first-order valence-corrected chi connectivity index (χ1v) is 11.5. The standard InChI is InChI=1S/C30H24O5/c1-17(31)25-26(19-7-11-21(12-8-19)29(32)33)27(20-9-13-22(14-10-20)30(34)35)28(25)24-15-6-18-4-2-3-5-23(18)16-24/h2-16,25-28H,1H3,(H,32,33)(H,34,35)/t25-,26-,27-,28-/m0/s1. The lowest BCUT2D eigenvalue weighted by Crippen LogP contribution is -2.45. The molecule has 0 heterocycles. The molecule has 0 aromatic heterocycles. The molecule has 5 nitrogen and oxygen atoms in total. The Hall–Kier alpha value is -4.25. The summed E-state index contributed by atoms with van der Waals surface area (Å²) in [5.74, 6) is -2.49. The van der Waals surface area contributed by atoms with Crippen LogP contribution >= 0.6 is 0 Å². The smallest absolute Gasteiger partial charge is 0.335 e.